The average molecular weight is 379 g/mol. The van der Waals surface area contributed by atoms with Gasteiger partial charge < -0.3 is 4.42 Å². The van der Waals surface area contributed by atoms with Gasteiger partial charge in [-0.1, -0.05) is 11.6 Å². The molecule has 0 amide bonds. The maximum atomic E-state index is 12.3. The Bertz CT molecular complexity index is 727. The summed E-state index contributed by atoms with van der Waals surface area (Å²) in [4.78, 5) is 0.143. The number of aryl methyl sites for hydroxylation is 1. The molecule has 108 valence electrons. The number of benzene rings is 1. The van der Waals surface area contributed by atoms with Crippen LogP contribution in [-0.4, -0.2) is 8.42 Å². The fourth-order valence-corrected chi connectivity index (χ4v) is 3.57. The van der Waals surface area contributed by atoms with E-state index >= 15 is 0 Å². The summed E-state index contributed by atoms with van der Waals surface area (Å²) in [7, 11) is -3.64. The first kappa shape index (κ1) is 15.6. The van der Waals surface area contributed by atoms with Gasteiger partial charge in [0, 0.05) is 4.47 Å². The zero-order valence-electron chi connectivity index (χ0n) is 10.9. The predicted molar refractivity (Wildman–Crippen MR) is 81.3 cm³/mol. The van der Waals surface area contributed by atoms with Crippen LogP contribution in [0.1, 0.15) is 24.5 Å². The summed E-state index contributed by atoms with van der Waals surface area (Å²) in [5, 5.41) is 0.457. The number of sulfonamides is 1. The van der Waals surface area contributed by atoms with Gasteiger partial charge in [0.1, 0.15) is 11.5 Å². The third-order valence-corrected chi connectivity index (χ3v) is 5.47. The minimum atomic E-state index is -3.64. The second kappa shape index (κ2) is 5.89. The maximum Gasteiger partial charge on any atom is 0.241 e. The van der Waals surface area contributed by atoms with Crippen molar-refractivity contribution in [2.24, 2.45) is 0 Å². The van der Waals surface area contributed by atoms with Gasteiger partial charge in [0.15, 0.2) is 0 Å². The van der Waals surface area contributed by atoms with Crippen molar-refractivity contribution < 1.29 is 12.8 Å². The van der Waals surface area contributed by atoms with Crippen molar-refractivity contribution in [3.8, 4) is 0 Å². The molecule has 0 bridgehead atoms. The summed E-state index contributed by atoms with van der Waals surface area (Å²) in [5.74, 6) is 1.30. The number of rotatable bonds is 4. The molecule has 0 aliphatic rings. The molecule has 2 aromatic rings. The van der Waals surface area contributed by atoms with Crippen LogP contribution < -0.4 is 4.72 Å². The molecule has 7 heteroatoms. The standard InChI is InChI=1S/C13H13BrClNO3S/c1-8-3-6-13(19-8)9(2)16-20(17,18)10-4-5-12(15)11(14)7-10/h3-7,9,16H,1-2H3. The number of furan rings is 1. The zero-order chi connectivity index (χ0) is 14.9. The van der Waals surface area contributed by atoms with Gasteiger partial charge in [-0.15, -0.1) is 0 Å². The molecule has 1 aromatic heterocycles. The van der Waals surface area contributed by atoms with Gasteiger partial charge >= 0.3 is 0 Å². The van der Waals surface area contributed by atoms with Crippen molar-refractivity contribution in [2.75, 3.05) is 0 Å². The molecule has 20 heavy (non-hydrogen) atoms. The Morgan fingerprint density at radius 1 is 1.30 bits per heavy atom. The quantitative estimate of drug-likeness (QED) is 0.873. The van der Waals surface area contributed by atoms with E-state index in [4.69, 9.17) is 16.0 Å². The summed E-state index contributed by atoms with van der Waals surface area (Å²) in [5.41, 5.74) is 0. The predicted octanol–water partition coefficient (Wildman–Crippen LogP) is 4.04. The van der Waals surface area contributed by atoms with Gasteiger partial charge in [-0.25, -0.2) is 13.1 Å². The van der Waals surface area contributed by atoms with Crippen LogP contribution in [0.25, 0.3) is 0 Å². The molecule has 4 nitrogen and oxygen atoms in total. The number of halogens is 2. The van der Waals surface area contributed by atoms with Crippen LogP contribution in [0, 0.1) is 6.92 Å². The van der Waals surface area contributed by atoms with Crippen LogP contribution in [0.3, 0.4) is 0 Å². The Morgan fingerprint density at radius 3 is 2.55 bits per heavy atom. The molecule has 1 unspecified atom stereocenters. The average Bonchev–Trinajstić information content (AvgIpc) is 2.79. The second-order valence-electron chi connectivity index (χ2n) is 4.37. The minimum absolute atomic E-state index is 0.143. The summed E-state index contributed by atoms with van der Waals surface area (Å²) in [6, 6.07) is 7.53. The number of hydrogen-bond acceptors (Lipinski definition) is 3. The van der Waals surface area contributed by atoms with Crippen molar-refractivity contribution in [2.45, 2.75) is 24.8 Å². The molecule has 0 saturated heterocycles. The van der Waals surface area contributed by atoms with Crippen LogP contribution in [-0.2, 0) is 10.0 Å². The molecule has 2 rings (SSSR count). The van der Waals surface area contributed by atoms with Crippen molar-refractivity contribution in [1.29, 1.82) is 0 Å². The lowest BCUT2D eigenvalue weighted by molar-refractivity contribution is 0.441. The van der Waals surface area contributed by atoms with Crippen molar-refractivity contribution in [3.63, 3.8) is 0 Å². The molecule has 0 saturated carbocycles. The maximum absolute atomic E-state index is 12.3. The van der Waals surface area contributed by atoms with E-state index in [1.165, 1.54) is 18.2 Å². The van der Waals surface area contributed by atoms with Gasteiger partial charge in [-0.2, -0.15) is 0 Å². The largest absolute Gasteiger partial charge is 0.465 e. The molecule has 1 heterocycles. The number of hydrogen-bond donors (Lipinski definition) is 1. The van der Waals surface area contributed by atoms with Crippen LogP contribution in [0.15, 0.2) is 44.1 Å². The highest BCUT2D eigenvalue weighted by Gasteiger charge is 2.20. The van der Waals surface area contributed by atoms with Crippen LogP contribution in [0.4, 0.5) is 0 Å². The Balaban J connectivity index is 2.24. The summed E-state index contributed by atoms with van der Waals surface area (Å²) in [6.07, 6.45) is 0. The van der Waals surface area contributed by atoms with E-state index < -0.39 is 16.1 Å². The van der Waals surface area contributed by atoms with Crippen molar-refractivity contribution in [1.82, 2.24) is 4.72 Å². The Kier molecular flexibility index (Phi) is 4.59. The second-order valence-corrected chi connectivity index (χ2v) is 7.34. The molecule has 0 spiro atoms. The lowest BCUT2D eigenvalue weighted by Gasteiger charge is -2.12. The lowest BCUT2D eigenvalue weighted by atomic mass is 10.3. The first-order valence-corrected chi connectivity index (χ1v) is 8.49. The Morgan fingerprint density at radius 2 is 2.00 bits per heavy atom. The molecular formula is C13H13BrClNO3S. The van der Waals surface area contributed by atoms with E-state index in [-0.39, 0.29) is 4.90 Å². The Hall–Kier alpha value is -0.820. The van der Waals surface area contributed by atoms with E-state index in [9.17, 15) is 8.42 Å². The summed E-state index contributed by atoms with van der Waals surface area (Å²) < 4.78 is 33.0. The highest BCUT2D eigenvalue weighted by atomic mass is 79.9. The van der Waals surface area contributed by atoms with Crippen LogP contribution in [0.5, 0.6) is 0 Å². The van der Waals surface area contributed by atoms with Gasteiger partial charge in [0.2, 0.25) is 10.0 Å². The fraction of sp³-hybridized carbons (Fsp3) is 0.231. The Labute approximate surface area is 131 Å². The number of nitrogens with one attached hydrogen (secondary N) is 1. The van der Waals surface area contributed by atoms with Gasteiger partial charge in [0.05, 0.1) is 16.0 Å². The molecule has 0 fully saturated rings. The minimum Gasteiger partial charge on any atom is -0.465 e. The summed E-state index contributed by atoms with van der Waals surface area (Å²) >= 11 is 9.07. The van der Waals surface area contributed by atoms with E-state index in [2.05, 4.69) is 20.7 Å². The van der Waals surface area contributed by atoms with Gasteiger partial charge in [-0.05, 0) is 60.1 Å². The molecule has 1 aromatic carbocycles. The van der Waals surface area contributed by atoms with E-state index in [1.807, 2.05) is 0 Å². The first-order chi connectivity index (χ1) is 9.29. The first-order valence-electron chi connectivity index (χ1n) is 5.83. The SMILES string of the molecule is Cc1ccc(C(C)NS(=O)(=O)c2ccc(Cl)c(Br)c2)o1. The van der Waals surface area contributed by atoms with E-state index in [0.717, 1.165) is 5.76 Å². The third kappa shape index (κ3) is 3.44. The molecule has 1 atom stereocenters. The monoisotopic (exact) mass is 377 g/mol. The van der Waals surface area contributed by atoms with Crippen LogP contribution >= 0.6 is 27.5 Å². The lowest BCUT2D eigenvalue weighted by Crippen LogP contribution is -2.26. The highest BCUT2D eigenvalue weighted by Crippen LogP contribution is 2.26. The fourth-order valence-electron chi connectivity index (χ4n) is 1.69. The van der Waals surface area contributed by atoms with Gasteiger partial charge in [-0.3, -0.25) is 0 Å². The normalized spacial score (nSPS) is 13.4. The van der Waals surface area contributed by atoms with Crippen LogP contribution in [0.2, 0.25) is 5.02 Å². The molecule has 0 aliphatic heterocycles. The summed E-state index contributed by atoms with van der Waals surface area (Å²) in [6.45, 7) is 3.53. The zero-order valence-corrected chi connectivity index (χ0v) is 14.0. The topological polar surface area (TPSA) is 59.3 Å². The van der Waals surface area contributed by atoms with E-state index in [0.29, 0.717) is 15.3 Å². The highest BCUT2D eigenvalue weighted by molar-refractivity contribution is 9.10. The molecule has 0 aliphatic carbocycles. The molecular weight excluding hydrogens is 366 g/mol. The van der Waals surface area contributed by atoms with Gasteiger partial charge in [0.25, 0.3) is 0 Å². The molecule has 1 N–H and O–H groups in total. The smallest absolute Gasteiger partial charge is 0.241 e. The van der Waals surface area contributed by atoms with Crippen molar-refractivity contribution in [3.05, 3.63) is 51.3 Å². The third-order valence-electron chi connectivity index (χ3n) is 2.72. The van der Waals surface area contributed by atoms with E-state index in [1.54, 1.807) is 26.0 Å². The molecule has 0 radical (unpaired) electrons. The van der Waals surface area contributed by atoms with Crippen molar-refractivity contribution >= 4 is 37.6 Å².